The molecule has 1 atom stereocenters. The molecule has 8 nitrogen and oxygen atoms in total. The van der Waals surface area contributed by atoms with Crippen LogP contribution < -0.4 is 10.8 Å². The lowest BCUT2D eigenvalue weighted by Crippen LogP contribution is -2.31. The van der Waals surface area contributed by atoms with Crippen LogP contribution in [0.2, 0.25) is 0 Å². The van der Waals surface area contributed by atoms with Crippen LogP contribution in [0.3, 0.4) is 0 Å². The van der Waals surface area contributed by atoms with Crippen LogP contribution in [-0.2, 0) is 14.3 Å². The number of hydroxylamine groups is 1. The molecule has 164 valence electrons. The minimum Gasteiger partial charge on any atom is -0.350 e. The Balaban J connectivity index is 1.57. The summed E-state index contributed by atoms with van der Waals surface area (Å²) in [5.74, 6) is -2.84. The van der Waals surface area contributed by atoms with Gasteiger partial charge in [0.1, 0.15) is 24.0 Å². The molecule has 1 fully saturated rings. The molecule has 1 amide bonds. The molecule has 1 aromatic heterocycles. The van der Waals surface area contributed by atoms with Gasteiger partial charge in [-0.2, -0.15) is 0 Å². The Hall–Kier alpha value is -2.73. The van der Waals surface area contributed by atoms with E-state index in [2.05, 4.69) is 20.4 Å². The number of amides is 1. The van der Waals surface area contributed by atoms with E-state index in [1.807, 2.05) is 0 Å². The summed E-state index contributed by atoms with van der Waals surface area (Å²) in [6.07, 6.45) is -0.362. The zero-order valence-corrected chi connectivity index (χ0v) is 17.8. The molecule has 31 heavy (non-hydrogen) atoms. The van der Waals surface area contributed by atoms with Gasteiger partial charge in [0.25, 0.3) is 5.91 Å². The van der Waals surface area contributed by atoms with E-state index in [1.54, 1.807) is 26.8 Å². The van der Waals surface area contributed by atoms with Crippen LogP contribution in [-0.4, -0.2) is 40.6 Å². The second kappa shape index (κ2) is 8.42. The second-order valence-corrected chi connectivity index (χ2v) is 8.32. The molecule has 1 saturated heterocycles. The van der Waals surface area contributed by atoms with Crippen molar-refractivity contribution >= 4 is 39.0 Å². The van der Waals surface area contributed by atoms with Crippen LogP contribution in [0.5, 0.6) is 0 Å². The lowest BCUT2D eigenvalue weighted by atomic mass is 10.1. The van der Waals surface area contributed by atoms with E-state index in [0.717, 1.165) is 11.5 Å². The van der Waals surface area contributed by atoms with Gasteiger partial charge in [-0.05, 0) is 56.1 Å². The number of ether oxygens (including phenoxy) is 2. The molecular formula is C20H20F2N4O4S. The summed E-state index contributed by atoms with van der Waals surface area (Å²) in [6, 6.07) is 5.86. The summed E-state index contributed by atoms with van der Waals surface area (Å²) >= 11 is 0.937. The Morgan fingerprint density at radius 2 is 2.16 bits per heavy atom. The lowest BCUT2D eigenvalue weighted by Gasteiger charge is -2.17. The third-order valence-electron chi connectivity index (χ3n) is 4.62. The largest absolute Gasteiger partial charge is 0.350 e. The highest BCUT2D eigenvalue weighted by Gasteiger charge is 2.33. The van der Waals surface area contributed by atoms with E-state index in [9.17, 15) is 9.18 Å². The number of hydrogen-bond acceptors (Lipinski definition) is 8. The van der Waals surface area contributed by atoms with E-state index >= 15 is 4.39 Å². The van der Waals surface area contributed by atoms with Crippen LogP contribution in [0.15, 0.2) is 24.3 Å². The van der Waals surface area contributed by atoms with Crippen LogP contribution in [0.1, 0.15) is 29.8 Å². The molecular weight excluding hydrogens is 430 g/mol. The van der Waals surface area contributed by atoms with Gasteiger partial charge in [-0.1, -0.05) is 10.6 Å². The molecule has 4 rings (SSSR count). The predicted octanol–water partition coefficient (Wildman–Crippen LogP) is 3.83. The van der Waals surface area contributed by atoms with Crippen LogP contribution >= 0.6 is 11.5 Å². The number of halogens is 2. The fraction of sp³-hybridized carbons (Fsp3) is 0.350. The summed E-state index contributed by atoms with van der Waals surface area (Å²) in [4.78, 5) is 18.0. The van der Waals surface area contributed by atoms with Crippen molar-refractivity contribution in [1.29, 1.82) is 0 Å². The molecule has 2 heterocycles. The predicted molar refractivity (Wildman–Crippen MR) is 110 cm³/mol. The van der Waals surface area contributed by atoms with Gasteiger partial charge in [-0.3, -0.25) is 9.63 Å². The monoisotopic (exact) mass is 450 g/mol. The number of benzene rings is 2. The van der Waals surface area contributed by atoms with Crippen molar-refractivity contribution in [3.63, 3.8) is 0 Å². The fourth-order valence-electron chi connectivity index (χ4n) is 3.14. The standard InChI is InChI=1S/C20H20F2N4O4S/c1-10-4-5-14(13(21)6-10)23-17-12(7-15-18(16(17)22)24-26-31-15)19(27)25-29-9-11-8-28-20(2,3)30-11/h4-7,11,23H,8-9H2,1-3H3,(H,25,27). The maximum Gasteiger partial charge on any atom is 0.277 e. The molecule has 1 aliphatic rings. The molecule has 11 heteroatoms. The van der Waals surface area contributed by atoms with Gasteiger partial charge < -0.3 is 14.8 Å². The summed E-state index contributed by atoms with van der Waals surface area (Å²) in [5, 5.41) is 6.42. The molecule has 1 unspecified atom stereocenters. The maximum atomic E-state index is 15.1. The van der Waals surface area contributed by atoms with E-state index < -0.39 is 23.3 Å². The minimum absolute atomic E-state index is 0.0146. The molecule has 0 radical (unpaired) electrons. The number of nitrogens with one attached hydrogen (secondary N) is 2. The number of anilines is 2. The van der Waals surface area contributed by atoms with Crippen molar-refractivity contribution in [1.82, 2.24) is 15.1 Å². The fourth-order valence-corrected chi connectivity index (χ4v) is 3.74. The van der Waals surface area contributed by atoms with Gasteiger partial charge in [-0.15, -0.1) is 5.10 Å². The molecule has 2 aromatic carbocycles. The number of aromatic nitrogens is 2. The zero-order chi connectivity index (χ0) is 22.2. The van der Waals surface area contributed by atoms with Gasteiger partial charge in [0, 0.05) is 0 Å². The molecule has 1 aliphatic heterocycles. The Labute approximate surface area is 180 Å². The maximum absolute atomic E-state index is 15.1. The normalized spacial score (nSPS) is 17.8. The topological polar surface area (TPSA) is 94.6 Å². The quantitative estimate of drug-likeness (QED) is 0.551. The number of hydrogen-bond donors (Lipinski definition) is 2. The third kappa shape index (κ3) is 4.64. The SMILES string of the molecule is Cc1ccc(Nc2c(C(=O)NOCC3COC(C)(C)O3)cc3snnc3c2F)c(F)c1. The highest BCUT2D eigenvalue weighted by atomic mass is 32.1. The van der Waals surface area contributed by atoms with E-state index in [0.29, 0.717) is 16.9 Å². The Kier molecular flexibility index (Phi) is 5.84. The van der Waals surface area contributed by atoms with Gasteiger partial charge in [0.2, 0.25) is 0 Å². The summed E-state index contributed by atoms with van der Waals surface area (Å²) in [6.45, 7) is 5.63. The summed E-state index contributed by atoms with van der Waals surface area (Å²) < 4.78 is 44.6. The number of nitrogens with zero attached hydrogens (tertiary/aromatic N) is 2. The Morgan fingerprint density at radius 3 is 2.87 bits per heavy atom. The molecule has 2 N–H and O–H groups in total. The summed E-state index contributed by atoms with van der Waals surface area (Å²) in [7, 11) is 0. The van der Waals surface area contributed by atoms with Crippen molar-refractivity contribution in [2.24, 2.45) is 0 Å². The number of aryl methyl sites for hydroxylation is 1. The first kappa shape index (κ1) is 21.5. The molecule has 0 spiro atoms. The van der Waals surface area contributed by atoms with Crippen molar-refractivity contribution in [2.75, 3.05) is 18.5 Å². The first-order valence-corrected chi connectivity index (χ1v) is 10.2. The first-order chi connectivity index (χ1) is 14.7. The van der Waals surface area contributed by atoms with Gasteiger partial charge in [-0.25, -0.2) is 14.3 Å². The van der Waals surface area contributed by atoms with Crippen LogP contribution in [0.25, 0.3) is 10.2 Å². The summed E-state index contributed by atoms with van der Waals surface area (Å²) in [5.41, 5.74) is 2.66. The zero-order valence-electron chi connectivity index (χ0n) is 17.0. The van der Waals surface area contributed by atoms with Gasteiger partial charge in [0.15, 0.2) is 11.6 Å². The van der Waals surface area contributed by atoms with Gasteiger partial charge in [0.05, 0.1) is 28.2 Å². The van der Waals surface area contributed by atoms with Crippen molar-refractivity contribution in [3.05, 3.63) is 47.0 Å². The van der Waals surface area contributed by atoms with E-state index in [1.165, 1.54) is 18.2 Å². The van der Waals surface area contributed by atoms with E-state index in [-0.39, 0.29) is 35.2 Å². The number of fused-ring (bicyclic) bond motifs is 1. The smallest absolute Gasteiger partial charge is 0.277 e. The molecule has 0 aliphatic carbocycles. The van der Waals surface area contributed by atoms with Crippen molar-refractivity contribution in [3.8, 4) is 0 Å². The highest BCUT2D eigenvalue weighted by molar-refractivity contribution is 7.13. The average Bonchev–Trinajstić information content (AvgIpc) is 3.31. The first-order valence-electron chi connectivity index (χ1n) is 9.45. The highest BCUT2D eigenvalue weighted by Crippen LogP contribution is 2.32. The Bertz CT molecular complexity index is 1140. The van der Waals surface area contributed by atoms with Crippen LogP contribution in [0, 0.1) is 18.6 Å². The van der Waals surface area contributed by atoms with Crippen molar-refractivity contribution in [2.45, 2.75) is 32.7 Å². The minimum atomic E-state index is -0.814. The van der Waals surface area contributed by atoms with E-state index in [4.69, 9.17) is 14.3 Å². The third-order valence-corrected chi connectivity index (χ3v) is 5.29. The number of rotatable bonds is 6. The van der Waals surface area contributed by atoms with Gasteiger partial charge >= 0.3 is 0 Å². The molecule has 3 aromatic rings. The number of carbonyl (C=O) groups excluding carboxylic acids is 1. The average molecular weight is 450 g/mol. The van der Waals surface area contributed by atoms with Crippen molar-refractivity contribution < 1.29 is 27.9 Å². The lowest BCUT2D eigenvalue weighted by molar-refractivity contribution is -0.147. The molecule has 0 saturated carbocycles. The Morgan fingerprint density at radius 1 is 1.35 bits per heavy atom. The number of carbonyl (C=O) groups is 1. The molecule has 0 bridgehead atoms. The van der Waals surface area contributed by atoms with Crippen LogP contribution in [0.4, 0.5) is 20.2 Å². The second-order valence-electron chi connectivity index (χ2n) is 7.53.